The fourth-order valence-corrected chi connectivity index (χ4v) is 3.83. The van der Waals surface area contributed by atoms with Gasteiger partial charge in [-0.3, -0.25) is 0 Å². The molecule has 6 heteroatoms. The molecule has 0 radical (unpaired) electrons. The molecule has 3 rings (SSSR count). The monoisotopic (exact) mass is 421 g/mol. The zero-order chi connectivity index (χ0) is 13.9. The number of ether oxygens (including phenoxy) is 1. The number of aryl methyl sites for hydroxylation is 1. The van der Waals surface area contributed by atoms with E-state index in [-0.39, 0.29) is 24.0 Å². The van der Waals surface area contributed by atoms with Gasteiger partial charge in [0.05, 0.1) is 24.8 Å². The van der Waals surface area contributed by atoms with Crippen LogP contribution in [-0.2, 0) is 11.3 Å². The van der Waals surface area contributed by atoms with Crippen LogP contribution in [0, 0.1) is 6.92 Å². The molecule has 2 fully saturated rings. The molecule has 118 valence electrons. The Balaban J connectivity index is 0.00000161. The molecule has 3 heterocycles. The predicted molar refractivity (Wildman–Crippen MR) is 98.7 cm³/mol. The minimum Gasteiger partial charge on any atom is -0.373 e. The van der Waals surface area contributed by atoms with Crippen LogP contribution < -0.4 is 10.6 Å². The van der Waals surface area contributed by atoms with Gasteiger partial charge in [-0.05, 0) is 45.2 Å². The van der Waals surface area contributed by atoms with Gasteiger partial charge in [-0.1, -0.05) is 0 Å². The van der Waals surface area contributed by atoms with Crippen LogP contribution in [0.5, 0.6) is 0 Å². The molecular formula is C15H24IN3OS. The first-order chi connectivity index (χ1) is 9.74. The highest BCUT2D eigenvalue weighted by Crippen LogP contribution is 2.34. The van der Waals surface area contributed by atoms with E-state index >= 15 is 0 Å². The predicted octanol–water partition coefficient (Wildman–Crippen LogP) is 3.05. The number of fused-ring (bicyclic) bond motifs is 2. The lowest BCUT2D eigenvalue weighted by molar-refractivity contribution is 0.0992. The molecule has 0 saturated carbocycles. The van der Waals surface area contributed by atoms with Gasteiger partial charge in [-0.2, -0.15) is 0 Å². The fourth-order valence-electron chi connectivity index (χ4n) is 3.01. The van der Waals surface area contributed by atoms with Crippen LogP contribution in [-0.4, -0.2) is 30.8 Å². The van der Waals surface area contributed by atoms with E-state index in [2.05, 4.69) is 36.6 Å². The van der Waals surface area contributed by atoms with Crippen LogP contribution in [0.25, 0.3) is 0 Å². The van der Waals surface area contributed by atoms with E-state index in [1.807, 2.05) is 11.3 Å². The Kier molecular flexibility index (Phi) is 6.31. The van der Waals surface area contributed by atoms with Gasteiger partial charge in [0.2, 0.25) is 0 Å². The van der Waals surface area contributed by atoms with Gasteiger partial charge >= 0.3 is 0 Å². The van der Waals surface area contributed by atoms with Gasteiger partial charge in [0, 0.05) is 16.3 Å². The van der Waals surface area contributed by atoms with Crippen molar-refractivity contribution >= 4 is 41.3 Å². The smallest absolute Gasteiger partial charge is 0.191 e. The third-order valence-electron chi connectivity index (χ3n) is 3.96. The number of thiophene rings is 1. The molecule has 2 N–H and O–H groups in total. The van der Waals surface area contributed by atoms with Crippen LogP contribution in [0.3, 0.4) is 0 Å². The summed E-state index contributed by atoms with van der Waals surface area (Å²) in [5.41, 5.74) is 0. The van der Waals surface area contributed by atoms with Crippen molar-refractivity contribution < 1.29 is 4.74 Å². The maximum Gasteiger partial charge on any atom is 0.191 e. The van der Waals surface area contributed by atoms with Crippen molar-refractivity contribution in [2.45, 2.75) is 57.9 Å². The van der Waals surface area contributed by atoms with Crippen molar-refractivity contribution in [2.24, 2.45) is 4.99 Å². The maximum atomic E-state index is 5.89. The minimum atomic E-state index is 0. The average Bonchev–Trinajstić information content (AvgIpc) is 3.13. The van der Waals surface area contributed by atoms with E-state index in [0.29, 0.717) is 18.2 Å². The van der Waals surface area contributed by atoms with Crippen LogP contribution in [0.1, 0.15) is 35.9 Å². The number of hydrogen-bond acceptors (Lipinski definition) is 3. The molecular weight excluding hydrogens is 397 g/mol. The molecule has 0 aromatic carbocycles. The SMILES string of the molecule is CCNC(=NCc1ccc(C)s1)NC1CC2CCC1O2.I. The number of guanidine groups is 1. The molecule has 1 aromatic heterocycles. The summed E-state index contributed by atoms with van der Waals surface area (Å²) in [4.78, 5) is 7.34. The first-order valence-corrected chi connectivity index (χ1v) is 8.32. The van der Waals surface area contributed by atoms with E-state index in [1.54, 1.807) is 0 Å². The maximum absolute atomic E-state index is 5.89. The van der Waals surface area contributed by atoms with Crippen LogP contribution in [0.4, 0.5) is 0 Å². The Bertz CT molecular complexity index is 491. The summed E-state index contributed by atoms with van der Waals surface area (Å²) < 4.78 is 5.89. The Morgan fingerprint density at radius 3 is 2.86 bits per heavy atom. The standard InChI is InChI=1S/C15H23N3OS.HI/c1-3-16-15(17-9-12-6-4-10(2)20-12)18-13-8-11-5-7-14(13)19-11;/h4,6,11,13-14H,3,5,7-9H2,1-2H3,(H2,16,17,18);1H. The number of halogens is 1. The molecule has 21 heavy (non-hydrogen) atoms. The summed E-state index contributed by atoms with van der Waals surface area (Å²) in [6, 6.07) is 4.74. The van der Waals surface area contributed by atoms with Crippen LogP contribution >= 0.6 is 35.3 Å². The van der Waals surface area contributed by atoms with Gasteiger partial charge in [0.1, 0.15) is 0 Å². The van der Waals surface area contributed by atoms with Gasteiger partial charge in [0.15, 0.2) is 5.96 Å². The minimum absolute atomic E-state index is 0. The first kappa shape index (κ1) is 17.0. The largest absolute Gasteiger partial charge is 0.373 e. The molecule has 2 bridgehead atoms. The van der Waals surface area contributed by atoms with E-state index in [1.165, 1.54) is 22.6 Å². The van der Waals surface area contributed by atoms with E-state index < -0.39 is 0 Å². The molecule has 2 aliphatic rings. The van der Waals surface area contributed by atoms with Crippen molar-refractivity contribution in [3.05, 3.63) is 21.9 Å². The molecule has 4 nitrogen and oxygen atoms in total. The van der Waals surface area contributed by atoms with Crippen molar-refractivity contribution in [3.8, 4) is 0 Å². The van der Waals surface area contributed by atoms with Gasteiger partial charge in [-0.25, -0.2) is 4.99 Å². The van der Waals surface area contributed by atoms with Crippen molar-refractivity contribution in [2.75, 3.05) is 6.54 Å². The zero-order valence-electron chi connectivity index (χ0n) is 12.6. The molecule has 0 amide bonds. The number of rotatable bonds is 4. The summed E-state index contributed by atoms with van der Waals surface area (Å²) in [7, 11) is 0. The summed E-state index contributed by atoms with van der Waals surface area (Å²) in [5.74, 6) is 0.916. The summed E-state index contributed by atoms with van der Waals surface area (Å²) in [6.45, 7) is 5.87. The zero-order valence-corrected chi connectivity index (χ0v) is 15.7. The number of nitrogens with one attached hydrogen (secondary N) is 2. The van der Waals surface area contributed by atoms with Gasteiger partial charge < -0.3 is 15.4 Å². The normalized spacial score (nSPS) is 27.5. The lowest BCUT2D eigenvalue weighted by atomic mass is 9.96. The lowest BCUT2D eigenvalue weighted by Gasteiger charge is -2.22. The average molecular weight is 421 g/mol. The van der Waals surface area contributed by atoms with Crippen LogP contribution in [0.2, 0.25) is 0 Å². The Hall–Kier alpha value is -0.340. The summed E-state index contributed by atoms with van der Waals surface area (Å²) in [6.07, 6.45) is 4.39. The summed E-state index contributed by atoms with van der Waals surface area (Å²) in [5, 5.41) is 6.88. The van der Waals surface area contributed by atoms with Crippen LogP contribution in [0.15, 0.2) is 17.1 Å². The molecule has 2 saturated heterocycles. The lowest BCUT2D eigenvalue weighted by Crippen LogP contribution is -2.47. The topological polar surface area (TPSA) is 45.7 Å². The molecule has 2 aliphatic heterocycles. The highest BCUT2D eigenvalue weighted by molar-refractivity contribution is 14.0. The third-order valence-corrected chi connectivity index (χ3v) is 4.95. The Morgan fingerprint density at radius 2 is 2.29 bits per heavy atom. The third kappa shape index (κ3) is 4.32. The molecule has 1 aromatic rings. The van der Waals surface area contributed by atoms with E-state index in [9.17, 15) is 0 Å². The van der Waals surface area contributed by atoms with Crippen molar-refractivity contribution in [1.82, 2.24) is 10.6 Å². The Labute approximate surface area is 147 Å². The second kappa shape index (κ2) is 7.78. The summed E-state index contributed by atoms with van der Waals surface area (Å²) >= 11 is 1.82. The van der Waals surface area contributed by atoms with Gasteiger partial charge in [-0.15, -0.1) is 35.3 Å². The van der Waals surface area contributed by atoms with Gasteiger partial charge in [0.25, 0.3) is 0 Å². The van der Waals surface area contributed by atoms with Crippen molar-refractivity contribution in [1.29, 1.82) is 0 Å². The van der Waals surface area contributed by atoms with E-state index in [4.69, 9.17) is 9.73 Å². The molecule has 3 unspecified atom stereocenters. The fraction of sp³-hybridized carbons (Fsp3) is 0.667. The molecule has 0 aliphatic carbocycles. The van der Waals surface area contributed by atoms with E-state index in [0.717, 1.165) is 25.5 Å². The molecule has 3 atom stereocenters. The Morgan fingerprint density at radius 1 is 1.43 bits per heavy atom. The second-order valence-corrected chi connectivity index (χ2v) is 6.94. The quantitative estimate of drug-likeness (QED) is 0.446. The second-order valence-electron chi connectivity index (χ2n) is 5.57. The first-order valence-electron chi connectivity index (χ1n) is 7.50. The number of nitrogens with zero attached hydrogens (tertiary/aromatic N) is 1. The number of hydrogen-bond donors (Lipinski definition) is 2. The highest BCUT2D eigenvalue weighted by Gasteiger charge is 2.41. The molecule has 0 spiro atoms. The highest BCUT2D eigenvalue weighted by atomic mass is 127. The number of aliphatic imine (C=N–C) groups is 1. The van der Waals surface area contributed by atoms with Crippen molar-refractivity contribution in [3.63, 3.8) is 0 Å².